The van der Waals surface area contributed by atoms with Gasteiger partial charge in [-0.15, -0.1) is 0 Å². The molecule has 0 saturated heterocycles. The molecule has 0 fully saturated rings. The van der Waals surface area contributed by atoms with Crippen LogP contribution in [0.3, 0.4) is 0 Å². The number of carbonyl (C=O) groups is 2. The van der Waals surface area contributed by atoms with Gasteiger partial charge in [0.2, 0.25) is 0 Å². The summed E-state index contributed by atoms with van der Waals surface area (Å²) in [5.41, 5.74) is 4.60. The van der Waals surface area contributed by atoms with E-state index in [1.54, 1.807) is 18.2 Å². The van der Waals surface area contributed by atoms with E-state index in [1.807, 2.05) is 50.2 Å². The Hall–Kier alpha value is -3.87. The highest BCUT2D eigenvalue weighted by Crippen LogP contribution is 2.36. The van der Waals surface area contributed by atoms with Crippen LogP contribution in [0.1, 0.15) is 29.8 Å². The lowest BCUT2D eigenvalue weighted by Gasteiger charge is -2.16. The quantitative estimate of drug-likeness (QED) is 0.447. The number of hydrogen-bond donors (Lipinski definition) is 1. The average molecular weight is 417 g/mol. The van der Waals surface area contributed by atoms with Gasteiger partial charge < -0.3 is 9.47 Å². The first-order valence-corrected chi connectivity index (χ1v) is 10.2. The molecule has 7 nitrogen and oxygen atoms in total. The number of ether oxygens (including phenoxy) is 2. The first-order chi connectivity index (χ1) is 15.1. The predicted molar refractivity (Wildman–Crippen MR) is 120 cm³/mol. The first-order valence-electron chi connectivity index (χ1n) is 10.2. The zero-order valence-electron chi connectivity index (χ0n) is 17.4. The number of hydrogen-bond acceptors (Lipinski definition) is 5. The molecule has 0 saturated carbocycles. The third kappa shape index (κ3) is 4.07. The van der Waals surface area contributed by atoms with Gasteiger partial charge in [-0.25, -0.2) is 5.43 Å². The van der Waals surface area contributed by atoms with Crippen LogP contribution in [-0.4, -0.2) is 37.8 Å². The van der Waals surface area contributed by atoms with Crippen molar-refractivity contribution in [3.05, 3.63) is 65.7 Å². The lowest BCUT2D eigenvalue weighted by Crippen LogP contribution is -2.37. The molecule has 158 valence electrons. The Morgan fingerprint density at radius 2 is 1.77 bits per heavy atom. The van der Waals surface area contributed by atoms with Gasteiger partial charge in [0.05, 0.1) is 25.1 Å². The van der Waals surface area contributed by atoms with Crippen LogP contribution in [0.15, 0.2) is 59.7 Å². The molecule has 3 aromatic carbocycles. The highest BCUT2D eigenvalue weighted by molar-refractivity contribution is 6.26. The highest BCUT2D eigenvalue weighted by atomic mass is 16.5. The Morgan fingerprint density at radius 1 is 1.03 bits per heavy atom. The number of carbonyl (C=O) groups excluding carboxylic acids is 2. The average Bonchev–Trinajstić information content (AvgIpc) is 3.04. The minimum Gasteiger partial charge on any atom is -0.490 e. The van der Waals surface area contributed by atoms with Crippen molar-refractivity contribution in [2.45, 2.75) is 13.8 Å². The Kier molecular flexibility index (Phi) is 5.84. The highest BCUT2D eigenvalue weighted by Gasteiger charge is 2.30. The summed E-state index contributed by atoms with van der Waals surface area (Å²) in [6.07, 6.45) is 1.53. The van der Waals surface area contributed by atoms with Crippen LogP contribution in [0.2, 0.25) is 0 Å². The molecule has 0 atom stereocenters. The maximum atomic E-state index is 12.8. The zero-order valence-corrected chi connectivity index (χ0v) is 17.4. The van der Waals surface area contributed by atoms with E-state index >= 15 is 0 Å². The summed E-state index contributed by atoms with van der Waals surface area (Å²) in [5, 5.41) is 5.88. The van der Waals surface area contributed by atoms with Gasteiger partial charge in [-0.05, 0) is 55.1 Å². The molecule has 0 spiro atoms. The number of benzene rings is 3. The van der Waals surface area contributed by atoms with Crippen LogP contribution in [-0.2, 0) is 4.79 Å². The third-order valence-electron chi connectivity index (χ3n) is 4.92. The van der Waals surface area contributed by atoms with Gasteiger partial charge in [0, 0.05) is 10.9 Å². The number of anilines is 1. The van der Waals surface area contributed by atoms with Crippen molar-refractivity contribution in [3.8, 4) is 11.5 Å². The van der Waals surface area contributed by atoms with Crippen LogP contribution in [0.5, 0.6) is 11.5 Å². The predicted octanol–water partition coefficient (Wildman–Crippen LogP) is 3.75. The largest absolute Gasteiger partial charge is 0.490 e. The Labute approximate surface area is 180 Å². The van der Waals surface area contributed by atoms with Gasteiger partial charge in [-0.2, -0.15) is 5.10 Å². The normalized spacial score (nSPS) is 12.6. The molecule has 0 bridgehead atoms. The van der Waals surface area contributed by atoms with Gasteiger partial charge in [0.1, 0.15) is 6.54 Å². The van der Waals surface area contributed by atoms with E-state index in [9.17, 15) is 9.59 Å². The van der Waals surface area contributed by atoms with Gasteiger partial charge >= 0.3 is 0 Å². The Balaban J connectivity index is 1.43. The molecule has 7 heteroatoms. The maximum absolute atomic E-state index is 12.8. The molecule has 1 aliphatic heterocycles. The van der Waals surface area contributed by atoms with E-state index in [0.29, 0.717) is 30.3 Å². The van der Waals surface area contributed by atoms with Crippen molar-refractivity contribution in [1.82, 2.24) is 5.43 Å². The van der Waals surface area contributed by atoms with E-state index in [0.717, 1.165) is 22.0 Å². The van der Waals surface area contributed by atoms with Crippen LogP contribution in [0, 0.1) is 0 Å². The molecule has 0 aromatic heterocycles. The second kappa shape index (κ2) is 8.87. The summed E-state index contributed by atoms with van der Waals surface area (Å²) in [4.78, 5) is 26.7. The van der Waals surface area contributed by atoms with Crippen LogP contribution >= 0.6 is 0 Å². The van der Waals surface area contributed by atoms with Crippen molar-refractivity contribution in [3.63, 3.8) is 0 Å². The summed E-state index contributed by atoms with van der Waals surface area (Å²) in [5.74, 6) is 0.712. The van der Waals surface area contributed by atoms with E-state index < -0.39 is 0 Å². The first kappa shape index (κ1) is 20.4. The van der Waals surface area contributed by atoms with Crippen molar-refractivity contribution >= 4 is 34.5 Å². The molecule has 1 N–H and O–H groups in total. The molecule has 31 heavy (non-hydrogen) atoms. The topological polar surface area (TPSA) is 80.2 Å². The molecule has 0 aliphatic carbocycles. The molecule has 4 rings (SSSR count). The molecular formula is C24H23N3O4. The van der Waals surface area contributed by atoms with Gasteiger partial charge in [0.15, 0.2) is 11.5 Å². The summed E-state index contributed by atoms with van der Waals surface area (Å²) in [6.45, 7) is 4.74. The molecule has 1 heterocycles. The van der Waals surface area contributed by atoms with Crippen LogP contribution in [0.4, 0.5) is 5.69 Å². The monoisotopic (exact) mass is 417 g/mol. The molecule has 3 aromatic rings. The molecule has 0 unspecified atom stereocenters. The van der Waals surface area contributed by atoms with Crippen LogP contribution in [0.25, 0.3) is 10.8 Å². The van der Waals surface area contributed by atoms with E-state index in [4.69, 9.17) is 9.47 Å². The Bertz CT molecular complexity index is 1170. The van der Waals surface area contributed by atoms with E-state index in [2.05, 4.69) is 10.5 Å². The van der Waals surface area contributed by atoms with Crippen molar-refractivity contribution in [2.24, 2.45) is 5.10 Å². The summed E-state index contributed by atoms with van der Waals surface area (Å²) >= 11 is 0. The van der Waals surface area contributed by atoms with Gasteiger partial charge in [-0.3, -0.25) is 14.5 Å². The second-order valence-corrected chi connectivity index (χ2v) is 6.94. The van der Waals surface area contributed by atoms with Crippen molar-refractivity contribution in [1.29, 1.82) is 0 Å². The van der Waals surface area contributed by atoms with Gasteiger partial charge in [-0.1, -0.05) is 24.3 Å². The van der Waals surface area contributed by atoms with Crippen molar-refractivity contribution in [2.75, 3.05) is 24.7 Å². The molecular weight excluding hydrogens is 394 g/mol. The summed E-state index contributed by atoms with van der Waals surface area (Å²) in [6, 6.07) is 16.7. The van der Waals surface area contributed by atoms with E-state index in [-0.39, 0.29) is 18.4 Å². The molecule has 2 amide bonds. The smallest absolute Gasteiger partial charge is 0.260 e. The third-order valence-corrected chi connectivity index (χ3v) is 4.92. The minimum atomic E-state index is -0.384. The standard InChI is InChI=1S/C24H23N3O4/c1-3-30-20-12-11-16(13-21(20)31-4-2)14-25-26-22(28)15-27-19-10-6-8-17-7-5-9-18(23(17)19)24(27)29/h5-14H,3-4,15H2,1-2H3,(H,26,28)/b25-14+. The zero-order chi connectivity index (χ0) is 21.8. The summed E-state index contributed by atoms with van der Waals surface area (Å²) in [7, 11) is 0. The fourth-order valence-corrected chi connectivity index (χ4v) is 3.64. The number of hydrazone groups is 1. The summed E-state index contributed by atoms with van der Waals surface area (Å²) < 4.78 is 11.1. The maximum Gasteiger partial charge on any atom is 0.260 e. The lowest BCUT2D eigenvalue weighted by molar-refractivity contribution is -0.119. The number of nitrogens with zero attached hydrogens (tertiary/aromatic N) is 2. The number of nitrogens with one attached hydrogen (secondary N) is 1. The lowest BCUT2D eigenvalue weighted by atomic mass is 10.1. The van der Waals surface area contributed by atoms with Gasteiger partial charge in [0.25, 0.3) is 11.8 Å². The number of amides is 2. The second-order valence-electron chi connectivity index (χ2n) is 6.94. The Morgan fingerprint density at radius 3 is 2.55 bits per heavy atom. The number of rotatable bonds is 8. The fraction of sp³-hybridized carbons (Fsp3) is 0.208. The minimum absolute atomic E-state index is 0.114. The SMILES string of the molecule is CCOc1ccc(/C=N/NC(=O)CN2C(=O)c3cccc4cccc2c34)cc1OCC. The molecule has 1 aliphatic rings. The van der Waals surface area contributed by atoms with E-state index in [1.165, 1.54) is 11.1 Å². The molecule has 0 radical (unpaired) electrons. The fourth-order valence-electron chi connectivity index (χ4n) is 3.64. The van der Waals surface area contributed by atoms with Crippen molar-refractivity contribution < 1.29 is 19.1 Å². The van der Waals surface area contributed by atoms with Crippen LogP contribution < -0.4 is 19.8 Å².